The predicted octanol–water partition coefficient (Wildman–Crippen LogP) is 4.11. The van der Waals surface area contributed by atoms with Crippen LogP contribution in [-0.4, -0.2) is 22.6 Å². The summed E-state index contributed by atoms with van der Waals surface area (Å²) in [4.78, 5) is 23.4. The van der Waals surface area contributed by atoms with Crippen LogP contribution in [0.5, 0.6) is 0 Å². The van der Waals surface area contributed by atoms with Gasteiger partial charge in [0, 0.05) is 4.47 Å². The van der Waals surface area contributed by atoms with Gasteiger partial charge in [0.2, 0.25) is 0 Å². The number of aliphatic carboxylic acids is 1. The minimum Gasteiger partial charge on any atom is -0.481 e. The predicted molar refractivity (Wildman–Crippen MR) is 86.8 cm³/mol. The van der Waals surface area contributed by atoms with Crippen molar-refractivity contribution in [2.24, 2.45) is 5.41 Å². The first-order chi connectivity index (χ1) is 9.47. The topological polar surface area (TPSA) is 78.4 Å². The van der Waals surface area contributed by atoms with Crippen LogP contribution in [0, 0.1) is 5.41 Å². The fourth-order valence-corrected chi connectivity index (χ4v) is 1.98. The molecule has 21 heavy (non-hydrogen) atoms. The Bertz CT molecular complexity index is 573. The van der Waals surface area contributed by atoms with Gasteiger partial charge >= 0.3 is 12.0 Å². The van der Waals surface area contributed by atoms with E-state index < -0.39 is 23.0 Å². The van der Waals surface area contributed by atoms with E-state index in [9.17, 15) is 14.7 Å². The lowest BCUT2D eigenvalue weighted by molar-refractivity contribution is -0.150. The van der Waals surface area contributed by atoms with E-state index in [2.05, 4.69) is 26.6 Å². The molecule has 2 amide bonds. The molecule has 7 heteroatoms. The van der Waals surface area contributed by atoms with Gasteiger partial charge in [-0.1, -0.05) is 27.5 Å². The summed E-state index contributed by atoms with van der Waals surface area (Å²) >= 11 is 9.28. The lowest BCUT2D eigenvalue weighted by Gasteiger charge is -2.38. The van der Waals surface area contributed by atoms with E-state index in [1.54, 1.807) is 45.9 Å². The number of carbonyl (C=O) groups excluding carboxylic acids is 1. The standard InChI is InChI=1S/C14H18BrClN2O3/c1-13(2,11(19)20)14(3,4)18-12(21)17-10-7-8(15)5-6-9(10)16/h5-7H,1-4H3,(H,19,20)(H2,17,18,21). The first kappa shape index (κ1) is 17.8. The van der Waals surface area contributed by atoms with Crippen LogP contribution in [0.2, 0.25) is 5.02 Å². The highest BCUT2D eigenvalue weighted by molar-refractivity contribution is 9.10. The van der Waals surface area contributed by atoms with Crippen molar-refractivity contribution in [1.29, 1.82) is 0 Å². The molecule has 0 aliphatic carbocycles. The molecule has 0 spiro atoms. The highest BCUT2D eigenvalue weighted by Crippen LogP contribution is 2.31. The van der Waals surface area contributed by atoms with Gasteiger partial charge in [0.25, 0.3) is 0 Å². The number of hydrogen-bond acceptors (Lipinski definition) is 2. The maximum absolute atomic E-state index is 12.1. The lowest BCUT2D eigenvalue weighted by atomic mass is 9.74. The average Bonchev–Trinajstić information content (AvgIpc) is 2.32. The Balaban J connectivity index is 2.87. The number of halogens is 2. The Morgan fingerprint density at radius 1 is 1.24 bits per heavy atom. The van der Waals surface area contributed by atoms with Crippen molar-refractivity contribution in [1.82, 2.24) is 5.32 Å². The molecule has 0 aromatic heterocycles. The SMILES string of the molecule is CC(C)(NC(=O)Nc1cc(Br)ccc1Cl)C(C)(C)C(=O)O. The number of anilines is 1. The second kappa shape index (κ2) is 6.23. The highest BCUT2D eigenvalue weighted by atomic mass is 79.9. The normalized spacial score (nSPS) is 11.9. The first-order valence-electron chi connectivity index (χ1n) is 6.25. The molecule has 0 unspecified atom stereocenters. The number of hydrogen-bond donors (Lipinski definition) is 3. The van der Waals surface area contributed by atoms with Crippen LogP contribution < -0.4 is 10.6 Å². The van der Waals surface area contributed by atoms with Crippen LogP contribution >= 0.6 is 27.5 Å². The van der Waals surface area contributed by atoms with E-state index in [1.165, 1.54) is 0 Å². The Hall–Kier alpha value is -1.27. The van der Waals surface area contributed by atoms with E-state index in [1.807, 2.05) is 0 Å². The van der Waals surface area contributed by atoms with E-state index in [-0.39, 0.29) is 0 Å². The maximum atomic E-state index is 12.1. The van der Waals surface area contributed by atoms with Crippen LogP contribution in [-0.2, 0) is 4.79 Å². The molecule has 0 heterocycles. The fourth-order valence-electron chi connectivity index (χ4n) is 1.45. The molecule has 1 aromatic carbocycles. The summed E-state index contributed by atoms with van der Waals surface area (Å²) in [7, 11) is 0. The average molecular weight is 378 g/mol. The van der Waals surface area contributed by atoms with Gasteiger partial charge in [0.1, 0.15) is 0 Å². The number of carboxylic acid groups (broad SMARTS) is 1. The Morgan fingerprint density at radius 3 is 2.33 bits per heavy atom. The van der Waals surface area contributed by atoms with Gasteiger partial charge in [-0.15, -0.1) is 0 Å². The third kappa shape index (κ3) is 4.11. The van der Waals surface area contributed by atoms with Crippen molar-refractivity contribution >= 4 is 45.2 Å². The maximum Gasteiger partial charge on any atom is 0.319 e. The van der Waals surface area contributed by atoms with Crippen LogP contribution in [0.4, 0.5) is 10.5 Å². The number of carbonyl (C=O) groups is 2. The van der Waals surface area contributed by atoms with Gasteiger partial charge in [-0.2, -0.15) is 0 Å². The summed E-state index contributed by atoms with van der Waals surface area (Å²) in [6.45, 7) is 6.43. The Kier molecular flexibility index (Phi) is 5.28. The third-order valence-electron chi connectivity index (χ3n) is 3.70. The quantitative estimate of drug-likeness (QED) is 0.738. The second-order valence-corrected chi connectivity index (χ2v) is 7.08. The molecule has 5 nitrogen and oxygen atoms in total. The van der Waals surface area contributed by atoms with Gasteiger partial charge < -0.3 is 15.7 Å². The van der Waals surface area contributed by atoms with Gasteiger partial charge in [-0.3, -0.25) is 4.79 Å². The molecule has 116 valence electrons. The molecule has 1 aromatic rings. The fraction of sp³-hybridized carbons (Fsp3) is 0.429. The Labute approximate surface area is 137 Å². The monoisotopic (exact) mass is 376 g/mol. The van der Waals surface area contributed by atoms with Gasteiger partial charge in [0.15, 0.2) is 0 Å². The van der Waals surface area contributed by atoms with Crippen molar-refractivity contribution in [3.8, 4) is 0 Å². The van der Waals surface area contributed by atoms with Crippen LogP contribution in [0.15, 0.2) is 22.7 Å². The van der Waals surface area contributed by atoms with E-state index >= 15 is 0 Å². The molecular formula is C14H18BrClN2O3. The van der Waals surface area contributed by atoms with Crippen molar-refractivity contribution in [2.45, 2.75) is 33.2 Å². The van der Waals surface area contributed by atoms with Crippen LogP contribution in [0.25, 0.3) is 0 Å². The minimum atomic E-state index is -1.13. The van der Waals surface area contributed by atoms with E-state index in [0.717, 1.165) is 4.47 Å². The summed E-state index contributed by atoms with van der Waals surface area (Å²) in [6.07, 6.45) is 0. The third-order valence-corrected chi connectivity index (χ3v) is 4.52. The molecule has 0 saturated carbocycles. The van der Waals surface area contributed by atoms with Crippen molar-refractivity contribution in [3.05, 3.63) is 27.7 Å². The number of rotatable bonds is 4. The zero-order chi connectivity index (χ0) is 16.4. The molecular weight excluding hydrogens is 360 g/mol. The molecule has 0 aliphatic rings. The zero-order valence-electron chi connectivity index (χ0n) is 12.3. The molecule has 0 atom stereocenters. The number of urea groups is 1. The molecule has 1 rings (SSSR count). The number of benzene rings is 1. The Morgan fingerprint density at radius 2 is 1.81 bits per heavy atom. The number of nitrogens with one attached hydrogen (secondary N) is 2. The van der Waals surface area contributed by atoms with Gasteiger partial charge in [0.05, 0.1) is 21.7 Å². The van der Waals surface area contributed by atoms with Gasteiger partial charge in [-0.25, -0.2) is 4.79 Å². The smallest absolute Gasteiger partial charge is 0.319 e. The molecule has 0 radical (unpaired) electrons. The van der Waals surface area contributed by atoms with Crippen molar-refractivity contribution in [3.63, 3.8) is 0 Å². The number of amides is 2. The van der Waals surface area contributed by atoms with E-state index in [0.29, 0.717) is 10.7 Å². The summed E-state index contributed by atoms with van der Waals surface area (Å²) in [5, 5.41) is 14.9. The molecule has 0 saturated heterocycles. The summed E-state index contributed by atoms with van der Waals surface area (Å²) in [6, 6.07) is 4.54. The molecule has 3 N–H and O–H groups in total. The largest absolute Gasteiger partial charge is 0.481 e. The van der Waals surface area contributed by atoms with Crippen molar-refractivity contribution < 1.29 is 14.7 Å². The second-order valence-electron chi connectivity index (χ2n) is 5.76. The number of carboxylic acids is 1. The van der Waals surface area contributed by atoms with Crippen LogP contribution in [0.3, 0.4) is 0 Å². The van der Waals surface area contributed by atoms with Crippen LogP contribution in [0.1, 0.15) is 27.7 Å². The summed E-state index contributed by atoms with van der Waals surface area (Å²) in [5.41, 5.74) is -1.65. The first-order valence-corrected chi connectivity index (χ1v) is 7.42. The van der Waals surface area contributed by atoms with Gasteiger partial charge in [-0.05, 0) is 45.9 Å². The molecule has 0 aliphatic heterocycles. The molecule has 0 bridgehead atoms. The van der Waals surface area contributed by atoms with E-state index in [4.69, 9.17) is 11.6 Å². The highest BCUT2D eigenvalue weighted by Gasteiger charge is 2.44. The molecule has 0 fully saturated rings. The lowest BCUT2D eigenvalue weighted by Crippen LogP contribution is -2.57. The van der Waals surface area contributed by atoms with Crippen molar-refractivity contribution in [2.75, 3.05) is 5.32 Å². The zero-order valence-corrected chi connectivity index (χ0v) is 14.6. The minimum absolute atomic E-state index is 0.392. The summed E-state index contributed by atoms with van der Waals surface area (Å²) in [5.74, 6) is -0.992. The summed E-state index contributed by atoms with van der Waals surface area (Å²) < 4.78 is 0.771.